The number of aryl methyl sites for hydroxylation is 1. The van der Waals surface area contributed by atoms with Crippen LogP contribution in [0.2, 0.25) is 0 Å². The van der Waals surface area contributed by atoms with Gasteiger partial charge < -0.3 is 27.3 Å². The molecule has 0 aliphatic heterocycles. The third kappa shape index (κ3) is 12.0. The summed E-state index contributed by atoms with van der Waals surface area (Å²) in [6.07, 6.45) is 1.34. The van der Waals surface area contributed by atoms with Crippen molar-refractivity contribution in [1.29, 1.82) is 0 Å². The Morgan fingerprint density at radius 2 is 1.48 bits per heavy atom. The van der Waals surface area contributed by atoms with Gasteiger partial charge in [-0.1, -0.05) is 65.0 Å². The first kappa shape index (κ1) is 42.0. The van der Waals surface area contributed by atoms with E-state index >= 15 is 0 Å². The van der Waals surface area contributed by atoms with Crippen molar-refractivity contribution in [2.45, 2.75) is 59.8 Å². The molecule has 4 aromatic carbocycles. The second-order valence-corrected chi connectivity index (χ2v) is 17.1. The van der Waals surface area contributed by atoms with Gasteiger partial charge in [0.15, 0.2) is 17.1 Å². The molecule has 0 amide bonds. The minimum absolute atomic E-state index is 0.121. The van der Waals surface area contributed by atoms with Crippen LogP contribution in [0.25, 0.3) is 5.65 Å². The first-order valence-electron chi connectivity index (χ1n) is 18.8. The van der Waals surface area contributed by atoms with Gasteiger partial charge in [-0.3, -0.25) is 9.82 Å². The molecule has 2 unspecified atom stereocenters. The summed E-state index contributed by atoms with van der Waals surface area (Å²) >= 11 is -3.98. The Kier molecular flexibility index (Phi) is 13.6. The molecule has 58 heavy (non-hydrogen) atoms. The molecule has 14 nitrogen and oxygen atoms in total. The highest BCUT2D eigenvalue weighted by Gasteiger charge is 2.28. The van der Waals surface area contributed by atoms with Gasteiger partial charge in [-0.05, 0) is 89.9 Å². The van der Waals surface area contributed by atoms with E-state index in [1.54, 1.807) is 55.6 Å². The average molecular weight is 831 g/mol. The molecule has 16 heteroatoms. The van der Waals surface area contributed by atoms with Crippen LogP contribution in [0.5, 0.6) is 40.4 Å². The van der Waals surface area contributed by atoms with Crippen LogP contribution in [0.15, 0.2) is 97.1 Å². The number of nitrogens with zero attached hydrogens (tertiary/aromatic N) is 3. The molecule has 0 fully saturated rings. The number of nitrogens with one attached hydrogen (secondary N) is 3. The van der Waals surface area contributed by atoms with Crippen molar-refractivity contribution in [2.75, 3.05) is 31.6 Å². The molecule has 0 bridgehead atoms. The summed E-state index contributed by atoms with van der Waals surface area (Å²) in [7, 11) is 1.58. The van der Waals surface area contributed by atoms with Gasteiger partial charge in [0.2, 0.25) is 5.88 Å². The first-order chi connectivity index (χ1) is 27.7. The van der Waals surface area contributed by atoms with E-state index < -0.39 is 22.5 Å². The summed E-state index contributed by atoms with van der Waals surface area (Å²) in [6, 6.07) is 29.1. The number of hydrogen-bond donors (Lipinski definition) is 3. The Morgan fingerprint density at radius 1 is 0.759 bits per heavy atom. The van der Waals surface area contributed by atoms with Crippen LogP contribution in [0, 0.1) is 12.3 Å². The van der Waals surface area contributed by atoms with E-state index in [0.29, 0.717) is 59.9 Å². The van der Waals surface area contributed by atoms with Gasteiger partial charge in [0.1, 0.15) is 42.0 Å². The molecule has 0 spiro atoms. The number of para-hydroxylation sites is 1. The Balaban J connectivity index is 1.07. The molecule has 308 valence electrons. The second kappa shape index (κ2) is 18.8. The zero-order chi connectivity index (χ0) is 41.3. The number of aromatic amines is 1. The lowest BCUT2D eigenvalue weighted by Gasteiger charge is -2.33. The molecule has 2 aromatic heterocycles. The van der Waals surface area contributed by atoms with Crippen molar-refractivity contribution >= 4 is 33.9 Å². The average Bonchev–Trinajstić information content (AvgIpc) is 3.73. The van der Waals surface area contributed by atoms with Gasteiger partial charge >= 0.3 is 11.3 Å². The highest BCUT2D eigenvalue weighted by atomic mass is 32.2. The quantitative estimate of drug-likeness (QED) is 0.0641. The van der Waals surface area contributed by atoms with E-state index in [-0.39, 0.29) is 28.9 Å². The number of benzene rings is 4. The molecular weight excluding hydrogens is 781 g/mol. The third-order valence-corrected chi connectivity index (χ3v) is 10.3. The standard InChI is InChI=1S/C42H50N6O8S2/c1-29-13-14-30(42(5,6)28-41(2,3)4)25-36(29)55-58(50)47-31-15-20-35(54-34-18-16-32(51-7)17-19-34)37(26-31)56-57(49)43-22-21-38-44-39-27-40(46-48(39)45-38)53-24-23-52-33-11-9-8-10-12-33/h8-20,25-27,43,47H,21-24,28H2,1-7H3,(H,44,45). The zero-order valence-corrected chi connectivity index (χ0v) is 35.3. The van der Waals surface area contributed by atoms with E-state index in [9.17, 15) is 8.42 Å². The number of ether oxygens (including phenoxy) is 4. The minimum atomic E-state index is -2.00. The maximum absolute atomic E-state index is 13.3. The Bertz CT molecular complexity index is 2290. The molecule has 0 radical (unpaired) electrons. The first-order valence-corrected chi connectivity index (χ1v) is 20.9. The number of aromatic nitrogens is 4. The molecule has 6 rings (SSSR count). The minimum Gasteiger partial charge on any atom is -0.497 e. The van der Waals surface area contributed by atoms with Gasteiger partial charge in [-0.2, -0.15) is 13.0 Å². The fourth-order valence-corrected chi connectivity index (χ4v) is 7.72. The predicted molar refractivity (Wildman–Crippen MR) is 225 cm³/mol. The Hall–Kier alpha value is -5.58. The van der Waals surface area contributed by atoms with Crippen molar-refractivity contribution < 1.29 is 35.7 Å². The van der Waals surface area contributed by atoms with Crippen molar-refractivity contribution in [2.24, 2.45) is 5.41 Å². The molecule has 0 aliphatic carbocycles. The fourth-order valence-electron chi connectivity index (χ4n) is 6.40. The van der Waals surface area contributed by atoms with Crippen LogP contribution in [-0.4, -0.2) is 55.1 Å². The topological polar surface area (TPSA) is 160 Å². The molecule has 0 aliphatic rings. The smallest absolute Gasteiger partial charge is 0.316 e. The number of H-pyrrole nitrogens is 1. The summed E-state index contributed by atoms with van der Waals surface area (Å²) < 4.78 is 68.3. The number of rotatable bonds is 20. The zero-order valence-electron chi connectivity index (χ0n) is 33.7. The molecule has 6 aromatic rings. The normalized spacial score (nSPS) is 12.8. The number of methoxy groups -OCH3 is 1. The lowest BCUT2D eigenvalue weighted by molar-refractivity contribution is 0.211. The SMILES string of the molecule is COc1ccc(Oc2ccc(NS(=O)Oc3cc(C(C)(C)CC(C)(C)C)ccc3C)cc2OS(=O)NCCc2nc3cc(OCCOc4ccccc4)nn3[nH]2)cc1. The van der Waals surface area contributed by atoms with Gasteiger partial charge in [0.05, 0.1) is 12.8 Å². The molecule has 2 heterocycles. The van der Waals surface area contributed by atoms with E-state index in [1.807, 2.05) is 49.4 Å². The van der Waals surface area contributed by atoms with E-state index in [4.69, 9.17) is 27.3 Å². The summed E-state index contributed by atoms with van der Waals surface area (Å²) in [5, 5.41) is 7.46. The predicted octanol–water partition coefficient (Wildman–Crippen LogP) is 8.20. The maximum atomic E-state index is 13.3. The van der Waals surface area contributed by atoms with Crippen LogP contribution in [0.3, 0.4) is 0 Å². The largest absolute Gasteiger partial charge is 0.497 e. The maximum Gasteiger partial charge on any atom is 0.316 e. The Morgan fingerprint density at radius 3 is 2.21 bits per heavy atom. The van der Waals surface area contributed by atoms with Crippen molar-refractivity contribution in [3.63, 3.8) is 0 Å². The monoisotopic (exact) mass is 830 g/mol. The van der Waals surface area contributed by atoms with Crippen LogP contribution < -0.4 is 36.8 Å². The molecule has 3 N–H and O–H groups in total. The van der Waals surface area contributed by atoms with Gasteiger partial charge in [-0.25, -0.2) is 9.71 Å². The van der Waals surface area contributed by atoms with Gasteiger partial charge in [0, 0.05) is 25.1 Å². The van der Waals surface area contributed by atoms with E-state index in [2.05, 4.69) is 65.3 Å². The van der Waals surface area contributed by atoms with Crippen molar-refractivity contribution in [3.8, 4) is 40.4 Å². The number of fused-ring (bicyclic) bond motifs is 1. The fraction of sp³-hybridized carbons (Fsp3) is 0.333. The summed E-state index contributed by atoms with van der Waals surface area (Å²) in [5.74, 6) is 3.87. The molecular formula is C42H50N6O8S2. The van der Waals surface area contributed by atoms with Crippen LogP contribution >= 0.6 is 0 Å². The van der Waals surface area contributed by atoms with E-state index in [0.717, 1.165) is 23.3 Å². The van der Waals surface area contributed by atoms with Crippen molar-refractivity contribution in [3.05, 3.63) is 114 Å². The van der Waals surface area contributed by atoms with Crippen molar-refractivity contribution in [1.82, 2.24) is 24.5 Å². The lowest BCUT2D eigenvalue weighted by atomic mass is 9.72. The van der Waals surface area contributed by atoms with Crippen LogP contribution in [0.1, 0.15) is 58.0 Å². The second-order valence-electron chi connectivity index (χ2n) is 15.4. The lowest BCUT2D eigenvalue weighted by Crippen LogP contribution is -2.25. The summed E-state index contributed by atoms with van der Waals surface area (Å²) in [6.45, 7) is 13.9. The Labute approximate surface area is 344 Å². The van der Waals surface area contributed by atoms with E-state index in [1.165, 1.54) is 4.63 Å². The molecule has 2 atom stereocenters. The third-order valence-electron chi connectivity index (χ3n) is 8.78. The van der Waals surface area contributed by atoms with Gasteiger partial charge in [-0.15, -0.1) is 5.10 Å². The van der Waals surface area contributed by atoms with Crippen LogP contribution in [0.4, 0.5) is 5.69 Å². The molecule has 0 saturated carbocycles. The summed E-state index contributed by atoms with van der Waals surface area (Å²) in [4.78, 5) is 4.54. The van der Waals surface area contributed by atoms with Gasteiger partial charge in [0.25, 0.3) is 11.3 Å². The number of hydrogen-bond acceptors (Lipinski definition) is 10. The summed E-state index contributed by atoms with van der Waals surface area (Å²) in [5.41, 5.74) is 2.90. The highest BCUT2D eigenvalue weighted by molar-refractivity contribution is 7.82. The number of anilines is 1. The highest BCUT2D eigenvalue weighted by Crippen LogP contribution is 2.39. The van der Waals surface area contributed by atoms with Crippen LogP contribution in [-0.2, 0) is 34.4 Å². The molecule has 0 saturated heterocycles.